The highest BCUT2D eigenvalue weighted by Crippen LogP contribution is 2.24. The Kier molecular flexibility index (Phi) is 6.52. The Morgan fingerprint density at radius 2 is 1.66 bits per heavy atom. The van der Waals surface area contributed by atoms with Gasteiger partial charge in [0.05, 0.1) is 0 Å². The number of halogens is 1. The van der Waals surface area contributed by atoms with E-state index >= 15 is 0 Å². The van der Waals surface area contributed by atoms with Crippen molar-refractivity contribution in [3.63, 3.8) is 0 Å². The molecule has 0 radical (unpaired) electrons. The summed E-state index contributed by atoms with van der Waals surface area (Å²) < 4.78 is 13.7. The summed E-state index contributed by atoms with van der Waals surface area (Å²) in [6.07, 6.45) is 2.78. The molecule has 6 heteroatoms. The van der Waals surface area contributed by atoms with Crippen molar-refractivity contribution in [2.45, 2.75) is 33.1 Å². The minimum atomic E-state index is -1.25. The van der Waals surface area contributed by atoms with E-state index in [0.29, 0.717) is 17.7 Å². The Labute approximate surface area is 171 Å². The summed E-state index contributed by atoms with van der Waals surface area (Å²) in [5.41, 5.74) is 1.09. The molecule has 0 saturated carbocycles. The van der Waals surface area contributed by atoms with Gasteiger partial charge in [0.2, 0.25) is 11.8 Å². The number of amides is 2. The number of nitrogens with zero attached hydrogens (tertiary/aromatic N) is 1. The van der Waals surface area contributed by atoms with Crippen LogP contribution in [0.1, 0.15) is 32.3 Å². The lowest BCUT2D eigenvalue weighted by atomic mass is 9.90. The summed E-state index contributed by atoms with van der Waals surface area (Å²) in [5, 5.41) is 5.56. The highest BCUT2D eigenvalue weighted by atomic mass is 19.1. The minimum Gasteiger partial charge on any atom is -0.372 e. The van der Waals surface area contributed by atoms with Crippen LogP contribution in [0.5, 0.6) is 0 Å². The van der Waals surface area contributed by atoms with Crippen molar-refractivity contribution in [1.82, 2.24) is 5.32 Å². The Hall–Kier alpha value is -2.89. The maximum atomic E-state index is 13.7. The summed E-state index contributed by atoms with van der Waals surface area (Å²) in [4.78, 5) is 27.5. The first kappa shape index (κ1) is 20.8. The van der Waals surface area contributed by atoms with Crippen molar-refractivity contribution < 1.29 is 14.0 Å². The molecule has 2 N–H and O–H groups in total. The van der Waals surface area contributed by atoms with Gasteiger partial charge in [-0.25, -0.2) is 4.39 Å². The largest absolute Gasteiger partial charge is 0.372 e. The quantitative estimate of drug-likeness (QED) is 0.700. The van der Waals surface area contributed by atoms with Crippen LogP contribution in [-0.4, -0.2) is 31.4 Å². The van der Waals surface area contributed by atoms with E-state index in [1.807, 2.05) is 24.3 Å². The molecule has 0 aromatic heterocycles. The minimum absolute atomic E-state index is 0.265. The third-order valence-corrected chi connectivity index (χ3v) is 5.37. The van der Waals surface area contributed by atoms with E-state index in [1.54, 1.807) is 32.0 Å². The van der Waals surface area contributed by atoms with Crippen molar-refractivity contribution >= 4 is 23.2 Å². The molecule has 1 aliphatic heterocycles. The number of benzene rings is 2. The fourth-order valence-electron chi connectivity index (χ4n) is 3.35. The molecule has 1 aliphatic rings. The SMILES string of the molecule is CC(C)(C(=O)NCCc1ccccc1F)C(=O)Nc1ccc(N2CCCC2)cc1. The normalized spacial score (nSPS) is 14.0. The zero-order valence-corrected chi connectivity index (χ0v) is 17.0. The lowest BCUT2D eigenvalue weighted by Crippen LogP contribution is -2.45. The van der Waals surface area contributed by atoms with Crippen LogP contribution in [-0.2, 0) is 16.0 Å². The van der Waals surface area contributed by atoms with E-state index in [-0.39, 0.29) is 24.2 Å². The van der Waals surface area contributed by atoms with Crippen molar-refractivity contribution in [3.05, 3.63) is 59.9 Å². The van der Waals surface area contributed by atoms with Crippen LogP contribution in [0.4, 0.5) is 15.8 Å². The number of carbonyl (C=O) groups is 2. The molecule has 2 aromatic carbocycles. The van der Waals surface area contributed by atoms with E-state index in [9.17, 15) is 14.0 Å². The van der Waals surface area contributed by atoms with Gasteiger partial charge in [-0.05, 0) is 69.0 Å². The number of hydrogen-bond acceptors (Lipinski definition) is 3. The zero-order chi connectivity index (χ0) is 20.9. The third kappa shape index (κ3) is 5.13. The van der Waals surface area contributed by atoms with E-state index < -0.39 is 5.41 Å². The molecule has 29 heavy (non-hydrogen) atoms. The fraction of sp³-hybridized carbons (Fsp3) is 0.391. The molecule has 0 spiro atoms. The van der Waals surface area contributed by atoms with Gasteiger partial charge >= 0.3 is 0 Å². The Balaban J connectivity index is 1.53. The van der Waals surface area contributed by atoms with Crippen LogP contribution in [0, 0.1) is 11.2 Å². The van der Waals surface area contributed by atoms with Gasteiger partial charge in [0.25, 0.3) is 0 Å². The Bertz CT molecular complexity index is 859. The molecule has 1 fully saturated rings. The van der Waals surface area contributed by atoms with E-state index in [4.69, 9.17) is 0 Å². The second-order valence-corrected chi connectivity index (χ2v) is 7.92. The van der Waals surface area contributed by atoms with Gasteiger partial charge in [0.15, 0.2) is 0 Å². The highest BCUT2D eigenvalue weighted by Gasteiger charge is 2.35. The molecular weight excluding hydrogens is 369 g/mol. The van der Waals surface area contributed by atoms with E-state index in [1.165, 1.54) is 18.9 Å². The summed E-state index contributed by atoms with van der Waals surface area (Å²) in [5.74, 6) is -1.06. The molecular formula is C23H28FN3O2. The van der Waals surface area contributed by atoms with Crippen LogP contribution in [0.15, 0.2) is 48.5 Å². The lowest BCUT2D eigenvalue weighted by molar-refractivity contribution is -0.138. The van der Waals surface area contributed by atoms with Gasteiger partial charge in [-0.15, -0.1) is 0 Å². The average Bonchev–Trinajstić information content (AvgIpc) is 3.24. The van der Waals surface area contributed by atoms with Crippen molar-refractivity contribution in [3.8, 4) is 0 Å². The van der Waals surface area contributed by atoms with Gasteiger partial charge in [-0.2, -0.15) is 0 Å². The van der Waals surface area contributed by atoms with Gasteiger partial charge < -0.3 is 15.5 Å². The highest BCUT2D eigenvalue weighted by molar-refractivity contribution is 6.09. The standard InChI is InChI=1S/C23H28FN3O2/c1-23(2,21(28)25-14-13-17-7-3-4-8-20(17)24)22(29)26-18-9-11-19(12-10-18)27-15-5-6-16-27/h3-4,7-12H,5-6,13-16H2,1-2H3,(H,25,28)(H,26,29). The van der Waals surface area contributed by atoms with Crippen molar-refractivity contribution in [2.75, 3.05) is 29.9 Å². The second-order valence-electron chi connectivity index (χ2n) is 7.92. The van der Waals surface area contributed by atoms with Gasteiger partial charge in [0, 0.05) is 31.0 Å². The second kappa shape index (κ2) is 9.07. The number of hydrogen-bond donors (Lipinski definition) is 2. The zero-order valence-electron chi connectivity index (χ0n) is 17.0. The number of carbonyl (C=O) groups excluding carboxylic acids is 2. The summed E-state index contributed by atoms with van der Waals surface area (Å²) >= 11 is 0. The maximum absolute atomic E-state index is 13.7. The van der Waals surface area contributed by atoms with Crippen molar-refractivity contribution in [1.29, 1.82) is 0 Å². The number of anilines is 2. The van der Waals surface area contributed by atoms with Crippen LogP contribution >= 0.6 is 0 Å². The molecule has 1 saturated heterocycles. The molecule has 0 aliphatic carbocycles. The predicted octanol–water partition coefficient (Wildman–Crippen LogP) is 3.75. The molecule has 0 atom stereocenters. The first-order chi connectivity index (χ1) is 13.9. The fourth-order valence-corrected chi connectivity index (χ4v) is 3.35. The lowest BCUT2D eigenvalue weighted by Gasteiger charge is -2.23. The topological polar surface area (TPSA) is 61.4 Å². The Morgan fingerprint density at radius 1 is 1.00 bits per heavy atom. The van der Waals surface area contributed by atoms with Gasteiger partial charge in [0.1, 0.15) is 11.2 Å². The van der Waals surface area contributed by atoms with Crippen molar-refractivity contribution in [2.24, 2.45) is 5.41 Å². The first-order valence-electron chi connectivity index (χ1n) is 10.1. The molecule has 0 bridgehead atoms. The van der Waals surface area contributed by atoms with E-state index in [2.05, 4.69) is 15.5 Å². The van der Waals surface area contributed by atoms with E-state index in [0.717, 1.165) is 18.8 Å². The Morgan fingerprint density at radius 3 is 2.31 bits per heavy atom. The van der Waals surface area contributed by atoms with Gasteiger partial charge in [-0.1, -0.05) is 18.2 Å². The number of nitrogens with one attached hydrogen (secondary N) is 2. The summed E-state index contributed by atoms with van der Waals surface area (Å²) in [6, 6.07) is 14.2. The molecule has 3 rings (SSSR count). The molecule has 2 amide bonds. The van der Waals surface area contributed by atoms with Crippen LogP contribution in [0.2, 0.25) is 0 Å². The smallest absolute Gasteiger partial charge is 0.239 e. The molecule has 154 valence electrons. The average molecular weight is 397 g/mol. The molecule has 5 nitrogen and oxygen atoms in total. The molecule has 0 unspecified atom stereocenters. The van der Waals surface area contributed by atoms with Crippen LogP contribution in [0.3, 0.4) is 0 Å². The summed E-state index contributed by atoms with van der Waals surface area (Å²) in [6.45, 7) is 5.55. The first-order valence-corrected chi connectivity index (χ1v) is 10.1. The molecule has 1 heterocycles. The number of rotatable bonds is 7. The monoisotopic (exact) mass is 397 g/mol. The van der Waals surface area contributed by atoms with Crippen LogP contribution in [0.25, 0.3) is 0 Å². The van der Waals surface area contributed by atoms with Gasteiger partial charge in [-0.3, -0.25) is 9.59 Å². The summed E-state index contributed by atoms with van der Waals surface area (Å²) in [7, 11) is 0. The predicted molar refractivity (Wildman–Crippen MR) is 113 cm³/mol. The third-order valence-electron chi connectivity index (χ3n) is 5.37. The molecule has 2 aromatic rings. The maximum Gasteiger partial charge on any atom is 0.239 e. The van der Waals surface area contributed by atoms with Crippen LogP contribution < -0.4 is 15.5 Å².